The number of rotatable bonds is 2. The molecule has 0 saturated heterocycles. The molecule has 0 aliphatic heterocycles. The Kier molecular flexibility index (Phi) is 2.31. The minimum Gasteiger partial charge on any atom is -0.302 e. The van der Waals surface area contributed by atoms with E-state index in [-0.39, 0.29) is 0 Å². The fraction of sp³-hybridized carbons (Fsp3) is 0.333. The molecule has 2 radical (unpaired) electrons. The fourth-order valence-corrected chi connectivity index (χ4v) is 0.871. The van der Waals surface area contributed by atoms with Crippen LogP contribution in [0.2, 0.25) is 0 Å². The maximum absolute atomic E-state index is 10.7. The van der Waals surface area contributed by atoms with Crippen LogP contribution in [-0.2, 0) is 10.2 Å². The summed E-state index contributed by atoms with van der Waals surface area (Å²) in [5, 5.41) is 0. The molecule has 0 aliphatic rings. The quantitative estimate of drug-likeness (QED) is 0.460. The Morgan fingerprint density at radius 3 is 2.67 bits per heavy atom. The molecule has 0 saturated carbocycles. The van der Waals surface area contributed by atoms with Gasteiger partial charge in [-0.3, -0.25) is 4.98 Å². The maximum Gasteiger partial charge on any atom is 0.141 e. The van der Waals surface area contributed by atoms with Crippen LogP contribution in [0.3, 0.4) is 0 Å². The minimum atomic E-state index is -0.546. The van der Waals surface area contributed by atoms with E-state index in [9.17, 15) is 4.79 Å². The summed E-state index contributed by atoms with van der Waals surface area (Å²) < 4.78 is 0. The molecule has 0 amide bonds. The summed E-state index contributed by atoms with van der Waals surface area (Å²) in [5.41, 5.74) is 0.606. The third-order valence-electron chi connectivity index (χ3n) is 1.73. The summed E-state index contributed by atoms with van der Waals surface area (Å²) in [6, 6.07) is 5.29. The van der Waals surface area contributed by atoms with Gasteiger partial charge in [-0.25, -0.2) is 0 Å². The zero-order chi connectivity index (χ0) is 9.19. The van der Waals surface area contributed by atoms with Gasteiger partial charge < -0.3 is 4.79 Å². The Morgan fingerprint density at radius 1 is 1.50 bits per heavy atom. The van der Waals surface area contributed by atoms with E-state index in [1.54, 1.807) is 18.2 Å². The number of aromatic nitrogens is 1. The average molecular weight is 159 g/mol. The molecule has 0 atom stereocenters. The van der Waals surface area contributed by atoms with E-state index >= 15 is 0 Å². The van der Waals surface area contributed by atoms with Crippen molar-refractivity contribution in [1.29, 1.82) is 0 Å². The van der Waals surface area contributed by atoms with Gasteiger partial charge in [0.05, 0.1) is 11.1 Å². The van der Waals surface area contributed by atoms with Crippen molar-refractivity contribution < 1.29 is 4.79 Å². The predicted octanol–water partition coefficient (Wildman–Crippen LogP) is 0.352. The molecule has 0 aliphatic carbocycles. The SMILES string of the molecule is [B]c1cccc(C(C)(C)C=O)n1. The van der Waals surface area contributed by atoms with Crippen LogP contribution in [0, 0.1) is 0 Å². The zero-order valence-corrected chi connectivity index (χ0v) is 7.24. The van der Waals surface area contributed by atoms with Crippen LogP contribution in [0.15, 0.2) is 18.2 Å². The van der Waals surface area contributed by atoms with E-state index in [2.05, 4.69) is 4.98 Å². The highest BCUT2D eigenvalue weighted by molar-refractivity contribution is 6.30. The van der Waals surface area contributed by atoms with Gasteiger partial charge in [-0.2, -0.15) is 0 Å². The number of hydrogen-bond donors (Lipinski definition) is 0. The fourth-order valence-electron chi connectivity index (χ4n) is 0.871. The van der Waals surface area contributed by atoms with E-state index in [1.165, 1.54) is 0 Å². The van der Waals surface area contributed by atoms with Crippen molar-refractivity contribution in [3.8, 4) is 0 Å². The van der Waals surface area contributed by atoms with Crippen LogP contribution in [0.1, 0.15) is 19.5 Å². The lowest BCUT2D eigenvalue weighted by Crippen LogP contribution is -2.24. The monoisotopic (exact) mass is 159 g/mol. The standard InChI is InChI=1S/C9H10BNO/c1-9(2,6-12)7-4-3-5-8(10)11-7/h3-6H,1-2H3. The van der Waals surface area contributed by atoms with E-state index in [0.29, 0.717) is 11.3 Å². The summed E-state index contributed by atoms with van der Waals surface area (Å²) in [6.45, 7) is 3.61. The molecule has 1 heterocycles. The average Bonchev–Trinajstić information content (AvgIpc) is 2.05. The molecule has 1 aromatic rings. The van der Waals surface area contributed by atoms with Gasteiger partial charge in [0.2, 0.25) is 0 Å². The molecule has 0 spiro atoms. The lowest BCUT2D eigenvalue weighted by atomic mass is 9.89. The van der Waals surface area contributed by atoms with Crippen molar-refractivity contribution in [2.45, 2.75) is 19.3 Å². The Balaban J connectivity index is 3.11. The second-order valence-corrected chi connectivity index (χ2v) is 3.29. The Morgan fingerprint density at radius 2 is 2.17 bits per heavy atom. The van der Waals surface area contributed by atoms with E-state index in [1.807, 2.05) is 13.8 Å². The number of hydrogen-bond acceptors (Lipinski definition) is 2. The molecule has 1 rings (SSSR count). The summed E-state index contributed by atoms with van der Waals surface area (Å²) in [5.74, 6) is 0. The van der Waals surface area contributed by atoms with Gasteiger partial charge >= 0.3 is 0 Å². The van der Waals surface area contributed by atoms with Crippen LogP contribution in [0.25, 0.3) is 0 Å². The molecule has 2 nitrogen and oxygen atoms in total. The summed E-state index contributed by atoms with van der Waals surface area (Å²) in [4.78, 5) is 14.7. The molecular weight excluding hydrogens is 149 g/mol. The molecule has 0 bridgehead atoms. The molecule has 0 aromatic carbocycles. The number of pyridine rings is 1. The molecular formula is C9H10BNO. The van der Waals surface area contributed by atoms with Crippen molar-refractivity contribution >= 4 is 19.7 Å². The maximum atomic E-state index is 10.7. The molecule has 0 unspecified atom stereocenters. The topological polar surface area (TPSA) is 30.0 Å². The highest BCUT2D eigenvalue weighted by atomic mass is 16.1. The lowest BCUT2D eigenvalue weighted by Gasteiger charge is -2.16. The molecule has 12 heavy (non-hydrogen) atoms. The summed E-state index contributed by atoms with van der Waals surface area (Å²) >= 11 is 0. The number of aldehydes is 1. The van der Waals surface area contributed by atoms with Gasteiger partial charge in [0.25, 0.3) is 0 Å². The first-order chi connectivity index (χ1) is 5.56. The first kappa shape index (κ1) is 8.98. The van der Waals surface area contributed by atoms with Gasteiger partial charge in [0.15, 0.2) is 0 Å². The van der Waals surface area contributed by atoms with Gasteiger partial charge in [0, 0.05) is 0 Å². The van der Waals surface area contributed by atoms with Crippen molar-refractivity contribution in [2.75, 3.05) is 0 Å². The largest absolute Gasteiger partial charge is 0.302 e. The third kappa shape index (κ3) is 1.73. The Labute approximate surface area is 73.4 Å². The van der Waals surface area contributed by atoms with Gasteiger partial charge in [-0.15, -0.1) is 0 Å². The molecule has 60 valence electrons. The van der Waals surface area contributed by atoms with Crippen molar-refractivity contribution in [2.24, 2.45) is 0 Å². The first-order valence-electron chi connectivity index (χ1n) is 3.75. The zero-order valence-electron chi connectivity index (χ0n) is 7.24. The third-order valence-corrected chi connectivity index (χ3v) is 1.73. The first-order valence-corrected chi connectivity index (χ1v) is 3.75. The molecule has 0 N–H and O–H groups in total. The van der Waals surface area contributed by atoms with Crippen LogP contribution in [-0.4, -0.2) is 19.1 Å². The predicted molar refractivity (Wildman–Crippen MR) is 48.7 cm³/mol. The summed E-state index contributed by atoms with van der Waals surface area (Å²) in [6.07, 6.45) is 0.870. The minimum absolute atomic E-state index is 0.447. The van der Waals surface area contributed by atoms with Crippen LogP contribution in [0.4, 0.5) is 0 Å². The second-order valence-electron chi connectivity index (χ2n) is 3.29. The van der Waals surface area contributed by atoms with Gasteiger partial charge in [-0.05, 0) is 25.5 Å². The Bertz CT molecular complexity index is 296. The van der Waals surface area contributed by atoms with Crippen molar-refractivity contribution in [3.63, 3.8) is 0 Å². The number of carbonyl (C=O) groups excluding carboxylic acids is 1. The number of nitrogens with zero attached hydrogens (tertiary/aromatic N) is 1. The number of carbonyl (C=O) groups is 1. The Hall–Kier alpha value is -1.12. The highest BCUT2D eigenvalue weighted by Crippen LogP contribution is 2.16. The molecule has 1 aromatic heterocycles. The highest BCUT2D eigenvalue weighted by Gasteiger charge is 2.20. The lowest BCUT2D eigenvalue weighted by molar-refractivity contribution is -0.111. The smallest absolute Gasteiger partial charge is 0.141 e. The van der Waals surface area contributed by atoms with E-state index in [4.69, 9.17) is 7.85 Å². The van der Waals surface area contributed by atoms with Gasteiger partial charge in [-0.1, -0.05) is 12.1 Å². The molecule has 0 fully saturated rings. The molecule has 3 heteroatoms. The van der Waals surface area contributed by atoms with Crippen molar-refractivity contribution in [3.05, 3.63) is 23.9 Å². The normalized spacial score (nSPS) is 11.2. The van der Waals surface area contributed by atoms with Crippen LogP contribution < -0.4 is 5.59 Å². The van der Waals surface area contributed by atoms with Crippen molar-refractivity contribution in [1.82, 2.24) is 4.98 Å². The second kappa shape index (κ2) is 3.09. The van der Waals surface area contributed by atoms with E-state index < -0.39 is 5.41 Å². The van der Waals surface area contributed by atoms with Crippen LogP contribution >= 0.6 is 0 Å². The van der Waals surface area contributed by atoms with Crippen LogP contribution in [0.5, 0.6) is 0 Å². The van der Waals surface area contributed by atoms with Gasteiger partial charge in [0.1, 0.15) is 14.1 Å². The van der Waals surface area contributed by atoms with E-state index in [0.717, 1.165) is 6.29 Å². The summed E-state index contributed by atoms with van der Waals surface area (Å²) in [7, 11) is 5.48.